The van der Waals surface area contributed by atoms with Gasteiger partial charge in [0.2, 0.25) is 0 Å². The lowest BCUT2D eigenvalue weighted by molar-refractivity contribution is -0.0754. The van der Waals surface area contributed by atoms with Crippen molar-refractivity contribution in [1.82, 2.24) is 4.90 Å². The highest BCUT2D eigenvalue weighted by Crippen LogP contribution is 2.27. The Balaban J connectivity index is 1.97. The number of nitrogens with zero attached hydrogens (tertiary/aromatic N) is 1. The summed E-state index contributed by atoms with van der Waals surface area (Å²) in [6.45, 7) is 15.8. The standard InChI is InChI=1S/C20H33NO2/c1-14(11-21-12-15(2)23-16(3)13-21)19(22)17-7-9-18(10-8-17)20(4,5)6/h7-10,14-16,19,22H,11-13H2,1-6H3. The maximum absolute atomic E-state index is 10.7. The topological polar surface area (TPSA) is 32.7 Å². The molecule has 1 aliphatic rings. The number of aliphatic hydroxyl groups excluding tert-OH is 1. The van der Waals surface area contributed by atoms with E-state index in [2.05, 4.69) is 70.7 Å². The van der Waals surface area contributed by atoms with Crippen LogP contribution in [0.25, 0.3) is 0 Å². The van der Waals surface area contributed by atoms with Crippen molar-refractivity contribution in [2.24, 2.45) is 5.92 Å². The zero-order valence-corrected chi connectivity index (χ0v) is 15.5. The first kappa shape index (κ1) is 18.4. The molecule has 0 aromatic heterocycles. The molecule has 3 nitrogen and oxygen atoms in total. The van der Waals surface area contributed by atoms with Gasteiger partial charge in [0.1, 0.15) is 0 Å². The summed E-state index contributed by atoms with van der Waals surface area (Å²) >= 11 is 0. The Morgan fingerprint density at radius 3 is 2.13 bits per heavy atom. The first-order valence-electron chi connectivity index (χ1n) is 8.83. The fourth-order valence-corrected chi connectivity index (χ4v) is 3.45. The van der Waals surface area contributed by atoms with Crippen molar-refractivity contribution in [3.63, 3.8) is 0 Å². The van der Waals surface area contributed by atoms with Crippen LogP contribution in [0.5, 0.6) is 0 Å². The minimum Gasteiger partial charge on any atom is -0.388 e. The first-order chi connectivity index (χ1) is 10.7. The molecule has 0 spiro atoms. The molecule has 130 valence electrons. The summed E-state index contributed by atoms with van der Waals surface area (Å²) in [7, 11) is 0. The van der Waals surface area contributed by atoms with Crippen LogP contribution in [-0.2, 0) is 10.2 Å². The Hall–Kier alpha value is -0.900. The normalized spacial score (nSPS) is 26.0. The number of morpholine rings is 1. The molecular formula is C20H33NO2. The predicted molar refractivity (Wildman–Crippen MR) is 95.7 cm³/mol. The van der Waals surface area contributed by atoms with Crippen LogP contribution in [-0.4, -0.2) is 41.8 Å². The van der Waals surface area contributed by atoms with E-state index in [-0.39, 0.29) is 23.5 Å². The Morgan fingerprint density at radius 1 is 1.13 bits per heavy atom. The van der Waals surface area contributed by atoms with Gasteiger partial charge >= 0.3 is 0 Å². The van der Waals surface area contributed by atoms with Gasteiger partial charge in [-0.3, -0.25) is 4.90 Å². The first-order valence-corrected chi connectivity index (χ1v) is 8.83. The van der Waals surface area contributed by atoms with Crippen LogP contribution in [0, 0.1) is 5.92 Å². The maximum Gasteiger partial charge on any atom is 0.0827 e. The van der Waals surface area contributed by atoms with E-state index in [9.17, 15) is 5.11 Å². The average Bonchev–Trinajstić information content (AvgIpc) is 2.44. The van der Waals surface area contributed by atoms with Gasteiger partial charge in [-0.25, -0.2) is 0 Å². The van der Waals surface area contributed by atoms with Crippen LogP contribution < -0.4 is 0 Å². The highest BCUT2D eigenvalue weighted by molar-refractivity contribution is 5.28. The second-order valence-corrected chi connectivity index (χ2v) is 8.27. The van der Waals surface area contributed by atoms with Crippen molar-refractivity contribution >= 4 is 0 Å². The highest BCUT2D eigenvalue weighted by atomic mass is 16.5. The van der Waals surface area contributed by atoms with Crippen molar-refractivity contribution in [1.29, 1.82) is 0 Å². The summed E-state index contributed by atoms with van der Waals surface area (Å²) in [6.07, 6.45) is 0.126. The third-order valence-electron chi connectivity index (χ3n) is 4.70. The quantitative estimate of drug-likeness (QED) is 0.917. The van der Waals surface area contributed by atoms with Gasteiger partial charge in [-0.05, 0) is 36.3 Å². The van der Waals surface area contributed by atoms with Gasteiger partial charge in [0.25, 0.3) is 0 Å². The molecule has 0 amide bonds. The summed E-state index contributed by atoms with van der Waals surface area (Å²) in [5.74, 6) is 0.202. The van der Waals surface area contributed by atoms with E-state index in [1.165, 1.54) is 5.56 Å². The van der Waals surface area contributed by atoms with Crippen molar-refractivity contribution in [3.05, 3.63) is 35.4 Å². The van der Waals surface area contributed by atoms with Crippen LogP contribution in [0.1, 0.15) is 58.8 Å². The molecule has 0 aliphatic carbocycles. The van der Waals surface area contributed by atoms with Crippen LogP contribution in [0.4, 0.5) is 0 Å². The van der Waals surface area contributed by atoms with Gasteiger partial charge in [-0.2, -0.15) is 0 Å². The second kappa shape index (κ2) is 7.33. The molecule has 1 aliphatic heterocycles. The van der Waals surface area contributed by atoms with E-state index < -0.39 is 6.10 Å². The fourth-order valence-electron chi connectivity index (χ4n) is 3.45. The monoisotopic (exact) mass is 319 g/mol. The third-order valence-corrected chi connectivity index (χ3v) is 4.70. The van der Waals surface area contributed by atoms with E-state index in [4.69, 9.17) is 4.74 Å². The number of rotatable bonds is 4. The lowest BCUT2D eigenvalue weighted by atomic mass is 9.85. The molecule has 4 atom stereocenters. The molecule has 0 saturated carbocycles. The molecule has 0 bridgehead atoms. The van der Waals surface area contributed by atoms with Gasteiger partial charge in [0.15, 0.2) is 0 Å². The number of aliphatic hydroxyl groups is 1. The Kier molecular flexibility index (Phi) is 5.88. The molecule has 1 saturated heterocycles. The number of benzene rings is 1. The summed E-state index contributed by atoms with van der Waals surface area (Å²) in [5, 5.41) is 10.7. The molecule has 0 radical (unpaired) electrons. The largest absolute Gasteiger partial charge is 0.388 e. The Morgan fingerprint density at radius 2 is 1.65 bits per heavy atom. The van der Waals surface area contributed by atoms with Crippen molar-refractivity contribution in [3.8, 4) is 0 Å². The lowest BCUT2D eigenvalue weighted by Crippen LogP contribution is -2.47. The number of hydrogen-bond donors (Lipinski definition) is 1. The summed E-state index contributed by atoms with van der Waals surface area (Å²) < 4.78 is 5.78. The van der Waals surface area contributed by atoms with Crippen molar-refractivity contribution in [2.75, 3.05) is 19.6 Å². The molecule has 1 aromatic rings. The molecule has 2 rings (SSSR count). The molecular weight excluding hydrogens is 286 g/mol. The molecule has 1 N–H and O–H groups in total. The van der Waals surface area contributed by atoms with E-state index in [0.29, 0.717) is 0 Å². The lowest BCUT2D eigenvalue weighted by Gasteiger charge is -2.37. The zero-order valence-electron chi connectivity index (χ0n) is 15.5. The maximum atomic E-state index is 10.7. The van der Waals surface area contributed by atoms with Crippen LogP contribution in [0.3, 0.4) is 0 Å². The minimum atomic E-state index is -0.419. The van der Waals surface area contributed by atoms with E-state index >= 15 is 0 Å². The van der Waals surface area contributed by atoms with E-state index in [1.54, 1.807) is 0 Å². The van der Waals surface area contributed by atoms with Gasteiger partial charge in [0, 0.05) is 19.6 Å². The van der Waals surface area contributed by atoms with Crippen molar-refractivity contribution in [2.45, 2.75) is 65.3 Å². The summed E-state index contributed by atoms with van der Waals surface area (Å²) in [5.41, 5.74) is 2.46. The second-order valence-electron chi connectivity index (χ2n) is 8.27. The minimum absolute atomic E-state index is 0.148. The smallest absolute Gasteiger partial charge is 0.0827 e. The van der Waals surface area contributed by atoms with Crippen LogP contribution in [0.15, 0.2) is 24.3 Å². The highest BCUT2D eigenvalue weighted by Gasteiger charge is 2.26. The van der Waals surface area contributed by atoms with Crippen LogP contribution >= 0.6 is 0 Å². The molecule has 4 unspecified atom stereocenters. The van der Waals surface area contributed by atoms with Crippen LogP contribution in [0.2, 0.25) is 0 Å². The van der Waals surface area contributed by atoms with Crippen molar-refractivity contribution < 1.29 is 9.84 Å². The Labute approximate surface area is 141 Å². The summed E-state index contributed by atoms with van der Waals surface area (Å²) in [6, 6.07) is 8.44. The molecule has 1 aromatic carbocycles. The van der Waals surface area contributed by atoms with Gasteiger partial charge in [-0.1, -0.05) is 52.0 Å². The number of ether oxygens (including phenoxy) is 1. The predicted octanol–water partition coefficient (Wildman–Crippen LogP) is 3.76. The zero-order chi connectivity index (χ0) is 17.2. The molecule has 1 fully saturated rings. The molecule has 3 heteroatoms. The fraction of sp³-hybridized carbons (Fsp3) is 0.700. The van der Waals surface area contributed by atoms with Gasteiger partial charge in [0.05, 0.1) is 18.3 Å². The Bertz CT molecular complexity index is 481. The average molecular weight is 319 g/mol. The van der Waals surface area contributed by atoms with Gasteiger partial charge in [-0.15, -0.1) is 0 Å². The SMILES string of the molecule is CC1CN(CC(C)C(O)c2ccc(C(C)(C)C)cc2)CC(C)O1. The van der Waals surface area contributed by atoms with E-state index in [1.807, 2.05) is 0 Å². The number of hydrogen-bond acceptors (Lipinski definition) is 3. The van der Waals surface area contributed by atoms with Gasteiger partial charge < -0.3 is 9.84 Å². The van der Waals surface area contributed by atoms with E-state index in [0.717, 1.165) is 25.2 Å². The molecule has 23 heavy (non-hydrogen) atoms. The molecule has 1 heterocycles. The summed E-state index contributed by atoms with van der Waals surface area (Å²) in [4.78, 5) is 2.41. The third kappa shape index (κ3) is 5.03.